The zero-order valence-corrected chi connectivity index (χ0v) is 10.9. The second-order valence-electron chi connectivity index (χ2n) is 3.92. The van der Waals surface area contributed by atoms with Crippen molar-refractivity contribution in [3.05, 3.63) is 34.9 Å². The van der Waals surface area contributed by atoms with Crippen molar-refractivity contribution in [3.63, 3.8) is 0 Å². The molecule has 0 radical (unpaired) electrons. The van der Waals surface area contributed by atoms with Gasteiger partial charge in [-0.3, -0.25) is 0 Å². The van der Waals surface area contributed by atoms with Crippen LogP contribution in [0, 0.1) is 0 Å². The maximum atomic E-state index is 11.3. The molecule has 4 heteroatoms. The molecule has 2 amide bonds. The molecular formula is C13H19ClN2O. The number of rotatable bonds is 6. The van der Waals surface area contributed by atoms with Crippen molar-refractivity contribution in [1.29, 1.82) is 0 Å². The normalized spacial score (nSPS) is 10.0. The van der Waals surface area contributed by atoms with Crippen LogP contribution < -0.4 is 10.6 Å². The van der Waals surface area contributed by atoms with Crippen LogP contribution in [0.1, 0.15) is 25.3 Å². The van der Waals surface area contributed by atoms with E-state index in [4.69, 9.17) is 11.6 Å². The van der Waals surface area contributed by atoms with Gasteiger partial charge in [0.25, 0.3) is 0 Å². The molecule has 0 atom stereocenters. The predicted molar refractivity (Wildman–Crippen MR) is 71.5 cm³/mol. The summed E-state index contributed by atoms with van der Waals surface area (Å²) < 4.78 is 0. The van der Waals surface area contributed by atoms with E-state index in [1.54, 1.807) is 0 Å². The first kappa shape index (κ1) is 13.8. The maximum Gasteiger partial charge on any atom is 0.314 e. The van der Waals surface area contributed by atoms with Crippen molar-refractivity contribution in [2.45, 2.75) is 26.2 Å². The van der Waals surface area contributed by atoms with Gasteiger partial charge >= 0.3 is 6.03 Å². The van der Waals surface area contributed by atoms with Crippen molar-refractivity contribution in [3.8, 4) is 0 Å². The minimum Gasteiger partial charge on any atom is -0.338 e. The van der Waals surface area contributed by atoms with Gasteiger partial charge in [-0.2, -0.15) is 0 Å². The van der Waals surface area contributed by atoms with Gasteiger partial charge in [0.1, 0.15) is 0 Å². The summed E-state index contributed by atoms with van der Waals surface area (Å²) in [4.78, 5) is 11.3. The number of nitrogens with one attached hydrogen (secondary N) is 2. The first-order chi connectivity index (χ1) is 8.22. The third kappa shape index (κ3) is 6.17. The second-order valence-corrected chi connectivity index (χ2v) is 4.35. The third-order valence-corrected chi connectivity index (χ3v) is 2.64. The zero-order chi connectivity index (χ0) is 12.5. The molecule has 0 bridgehead atoms. The average molecular weight is 255 g/mol. The summed E-state index contributed by atoms with van der Waals surface area (Å²) >= 11 is 5.87. The zero-order valence-electron chi connectivity index (χ0n) is 10.1. The van der Waals surface area contributed by atoms with Crippen LogP contribution >= 0.6 is 11.6 Å². The highest BCUT2D eigenvalue weighted by atomic mass is 35.5. The lowest BCUT2D eigenvalue weighted by molar-refractivity contribution is 0.241. The first-order valence-electron chi connectivity index (χ1n) is 5.98. The van der Waals surface area contributed by atoms with E-state index in [1.807, 2.05) is 24.3 Å². The largest absolute Gasteiger partial charge is 0.338 e. The molecule has 0 aliphatic carbocycles. The van der Waals surface area contributed by atoms with E-state index in [0.29, 0.717) is 6.54 Å². The monoisotopic (exact) mass is 254 g/mol. The summed E-state index contributed by atoms with van der Waals surface area (Å²) in [6.45, 7) is 3.45. The number of hydrogen-bond acceptors (Lipinski definition) is 1. The van der Waals surface area contributed by atoms with Crippen LogP contribution in [0.5, 0.6) is 0 Å². The Kier molecular flexibility index (Phi) is 6.48. The van der Waals surface area contributed by atoms with Gasteiger partial charge in [-0.05, 0) is 30.5 Å². The molecule has 0 heterocycles. The molecule has 17 heavy (non-hydrogen) atoms. The number of amides is 2. The maximum absolute atomic E-state index is 11.3. The summed E-state index contributed by atoms with van der Waals surface area (Å²) in [6, 6.07) is 7.58. The molecule has 0 fully saturated rings. The van der Waals surface area contributed by atoms with Crippen LogP contribution in [0.25, 0.3) is 0 Å². The Labute approximate surface area is 108 Å². The Bertz CT molecular complexity index is 355. The van der Waals surface area contributed by atoms with E-state index in [-0.39, 0.29) is 6.03 Å². The second kappa shape index (κ2) is 7.96. The summed E-state index contributed by atoms with van der Waals surface area (Å²) in [5, 5.41) is 6.35. The Morgan fingerprint density at radius 2 is 2.06 bits per heavy atom. The lowest BCUT2D eigenvalue weighted by Crippen LogP contribution is -2.37. The van der Waals surface area contributed by atoms with Crippen molar-refractivity contribution < 1.29 is 4.79 Å². The summed E-state index contributed by atoms with van der Waals surface area (Å²) in [7, 11) is 0. The number of carbonyl (C=O) groups excluding carboxylic acids is 1. The van der Waals surface area contributed by atoms with E-state index in [9.17, 15) is 4.79 Å². The SMILES string of the molecule is CCCCNC(=O)NCCc1cccc(Cl)c1. The van der Waals surface area contributed by atoms with Crippen LogP contribution in [0.4, 0.5) is 4.79 Å². The van der Waals surface area contributed by atoms with Crippen LogP contribution in [0.2, 0.25) is 5.02 Å². The van der Waals surface area contributed by atoms with E-state index < -0.39 is 0 Å². The van der Waals surface area contributed by atoms with Crippen LogP contribution in [0.3, 0.4) is 0 Å². The van der Waals surface area contributed by atoms with Crippen molar-refractivity contribution in [2.24, 2.45) is 0 Å². The fraction of sp³-hybridized carbons (Fsp3) is 0.462. The molecular weight excluding hydrogens is 236 g/mol. The van der Waals surface area contributed by atoms with Crippen LogP contribution in [-0.4, -0.2) is 19.1 Å². The van der Waals surface area contributed by atoms with E-state index in [1.165, 1.54) is 0 Å². The Morgan fingerprint density at radius 1 is 1.29 bits per heavy atom. The highest BCUT2D eigenvalue weighted by Crippen LogP contribution is 2.10. The Balaban J connectivity index is 2.17. The lowest BCUT2D eigenvalue weighted by Gasteiger charge is -2.07. The van der Waals surface area contributed by atoms with Crippen molar-refractivity contribution in [2.75, 3.05) is 13.1 Å². The fourth-order valence-electron chi connectivity index (χ4n) is 1.45. The smallest absolute Gasteiger partial charge is 0.314 e. The number of halogens is 1. The van der Waals surface area contributed by atoms with Gasteiger partial charge in [-0.1, -0.05) is 37.1 Å². The molecule has 0 aromatic heterocycles. The molecule has 3 nitrogen and oxygen atoms in total. The number of hydrogen-bond donors (Lipinski definition) is 2. The number of carbonyl (C=O) groups is 1. The quantitative estimate of drug-likeness (QED) is 0.753. The molecule has 1 aromatic rings. The molecule has 0 saturated heterocycles. The van der Waals surface area contributed by atoms with E-state index >= 15 is 0 Å². The lowest BCUT2D eigenvalue weighted by atomic mass is 10.1. The number of unbranched alkanes of at least 4 members (excludes halogenated alkanes) is 1. The van der Waals surface area contributed by atoms with Crippen molar-refractivity contribution >= 4 is 17.6 Å². The number of benzene rings is 1. The number of urea groups is 1. The molecule has 94 valence electrons. The summed E-state index contributed by atoms with van der Waals surface area (Å²) in [5.41, 5.74) is 1.13. The summed E-state index contributed by atoms with van der Waals surface area (Å²) in [5.74, 6) is 0. The highest BCUT2D eigenvalue weighted by Gasteiger charge is 1.99. The topological polar surface area (TPSA) is 41.1 Å². The Hall–Kier alpha value is -1.22. The molecule has 0 spiro atoms. The molecule has 0 saturated carbocycles. The molecule has 0 unspecified atom stereocenters. The molecule has 0 aliphatic heterocycles. The van der Waals surface area contributed by atoms with Crippen LogP contribution in [0.15, 0.2) is 24.3 Å². The minimum absolute atomic E-state index is 0.0968. The van der Waals surface area contributed by atoms with E-state index in [0.717, 1.165) is 36.4 Å². The fourth-order valence-corrected chi connectivity index (χ4v) is 1.67. The molecule has 1 aromatic carbocycles. The van der Waals surface area contributed by atoms with Gasteiger partial charge in [0.2, 0.25) is 0 Å². The molecule has 1 rings (SSSR count). The van der Waals surface area contributed by atoms with Gasteiger partial charge in [-0.15, -0.1) is 0 Å². The van der Waals surface area contributed by atoms with Gasteiger partial charge in [0.05, 0.1) is 0 Å². The standard InChI is InChI=1S/C13H19ClN2O/c1-2-3-8-15-13(17)16-9-7-11-5-4-6-12(14)10-11/h4-6,10H,2-3,7-9H2,1H3,(H2,15,16,17). The first-order valence-corrected chi connectivity index (χ1v) is 6.36. The van der Waals surface area contributed by atoms with Gasteiger partial charge in [-0.25, -0.2) is 4.79 Å². The molecule has 0 aliphatic rings. The molecule has 2 N–H and O–H groups in total. The third-order valence-electron chi connectivity index (χ3n) is 2.40. The van der Waals surface area contributed by atoms with Crippen molar-refractivity contribution in [1.82, 2.24) is 10.6 Å². The van der Waals surface area contributed by atoms with Gasteiger partial charge in [0, 0.05) is 18.1 Å². The van der Waals surface area contributed by atoms with Gasteiger partial charge in [0.15, 0.2) is 0 Å². The summed E-state index contributed by atoms with van der Waals surface area (Å²) in [6.07, 6.45) is 2.90. The van der Waals surface area contributed by atoms with Gasteiger partial charge < -0.3 is 10.6 Å². The predicted octanol–water partition coefficient (Wildman–Crippen LogP) is 2.98. The Morgan fingerprint density at radius 3 is 2.76 bits per heavy atom. The van der Waals surface area contributed by atoms with E-state index in [2.05, 4.69) is 17.6 Å². The minimum atomic E-state index is -0.0968. The van der Waals surface area contributed by atoms with Crippen LogP contribution in [-0.2, 0) is 6.42 Å². The average Bonchev–Trinajstić information content (AvgIpc) is 2.29. The highest BCUT2D eigenvalue weighted by molar-refractivity contribution is 6.30.